The third-order valence-electron chi connectivity index (χ3n) is 5.12. The van der Waals surface area contributed by atoms with Gasteiger partial charge in [-0.1, -0.05) is 48.5 Å². The van der Waals surface area contributed by atoms with Gasteiger partial charge in [-0.05, 0) is 49.7 Å². The summed E-state index contributed by atoms with van der Waals surface area (Å²) in [6, 6.07) is 25.9. The summed E-state index contributed by atoms with van der Waals surface area (Å²) < 4.78 is 5.49. The topological polar surface area (TPSA) is 42.8 Å². The van der Waals surface area contributed by atoms with Gasteiger partial charge in [0.25, 0.3) is 5.91 Å². The lowest BCUT2D eigenvalue weighted by Crippen LogP contribution is -3.12. The fourth-order valence-electron chi connectivity index (χ4n) is 3.27. The van der Waals surface area contributed by atoms with Crippen LogP contribution in [0.1, 0.15) is 19.4 Å². The summed E-state index contributed by atoms with van der Waals surface area (Å²) in [4.78, 5) is 14.0. The normalized spacial score (nSPS) is 12.8. The largest absolute Gasteiger partial charge is 0.494 e. The minimum atomic E-state index is -0.189. The number of ether oxygens (including phenoxy) is 1. The molecule has 0 aliphatic rings. The van der Waals surface area contributed by atoms with Crippen LogP contribution in [0.25, 0.3) is 11.1 Å². The van der Waals surface area contributed by atoms with Gasteiger partial charge < -0.3 is 15.0 Å². The van der Waals surface area contributed by atoms with E-state index in [0.717, 1.165) is 34.0 Å². The van der Waals surface area contributed by atoms with Crippen LogP contribution in [-0.4, -0.2) is 25.6 Å². The molecule has 2 N–H and O–H groups in total. The summed E-state index contributed by atoms with van der Waals surface area (Å²) in [6.07, 6.45) is 0. The fraction of sp³-hybridized carbons (Fsp3) is 0.240. The zero-order chi connectivity index (χ0) is 20.6. The summed E-state index contributed by atoms with van der Waals surface area (Å²) in [5, 5.41) is 3.12. The van der Waals surface area contributed by atoms with Crippen LogP contribution in [0.15, 0.2) is 78.9 Å². The number of likely N-dealkylation sites (N-methyl/N-ethyl adjacent to an activating group) is 1. The summed E-state index contributed by atoms with van der Waals surface area (Å²) in [5.41, 5.74) is 4.13. The van der Waals surface area contributed by atoms with E-state index in [0.29, 0.717) is 6.61 Å². The van der Waals surface area contributed by atoms with E-state index in [-0.39, 0.29) is 11.9 Å². The molecule has 3 rings (SSSR count). The van der Waals surface area contributed by atoms with Gasteiger partial charge in [0.2, 0.25) is 0 Å². The van der Waals surface area contributed by atoms with Crippen molar-refractivity contribution in [2.24, 2.45) is 0 Å². The molecule has 0 radical (unpaired) electrons. The predicted octanol–water partition coefficient (Wildman–Crippen LogP) is 3.79. The van der Waals surface area contributed by atoms with Gasteiger partial charge in [-0.25, -0.2) is 0 Å². The minimum absolute atomic E-state index is 0.0109. The summed E-state index contributed by atoms with van der Waals surface area (Å²) in [5.74, 6) is 0.883. The van der Waals surface area contributed by atoms with Crippen molar-refractivity contribution in [3.05, 3.63) is 84.4 Å². The number of carbonyl (C=O) groups is 1. The number of amides is 1. The quantitative estimate of drug-likeness (QED) is 0.615. The van der Waals surface area contributed by atoms with E-state index >= 15 is 0 Å². The summed E-state index contributed by atoms with van der Waals surface area (Å²) in [6.45, 7) is 5.36. The molecule has 0 spiro atoms. The van der Waals surface area contributed by atoms with E-state index in [2.05, 4.69) is 29.6 Å². The Morgan fingerprint density at radius 3 is 2.31 bits per heavy atom. The van der Waals surface area contributed by atoms with E-state index in [4.69, 9.17) is 4.74 Å². The second-order valence-corrected chi connectivity index (χ2v) is 7.22. The molecule has 150 valence electrons. The molecule has 29 heavy (non-hydrogen) atoms. The van der Waals surface area contributed by atoms with Gasteiger partial charge in [-0.3, -0.25) is 4.79 Å². The van der Waals surface area contributed by atoms with E-state index in [9.17, 15) is 4.79 Å². The highest BCUT2D eigenvalue weighted by atomic mass is 16.5. The van der Waals surface area contributed by atoms with Gasteiger partial charge in [0.1, 0.15) is 12.3 Å². The van der Waals surface area contributed by atoms with Gasteiger partial charge in [-0.15, -0.1) is 0 Å². The van der Waals surface area contributed by atoms with Gasteiger partial charge in [0.05, 0.1) is 13.7 Å². The first-order valence-electron chi connectivity index (χ1n) is 10.1. The van der Waals surface area contributed by atoms with Crippen LogP contribution in [0.3, 0.4) is 0 Å². The van der Waals surface area contributed by atoms with Crippen molar-refractivity contribution in [1.29, 1.82) is 0 Å². The monoisotopic (exact) mass is 389 g/mol. The second-order valence-electron chi connectivity index (χ2n) is 7.22. The smallest absolute Gasteiger partial charge is 0.282 e. The third-order valence-corrected chi connectivity index (χ3v) is 5.12. The molecule has 2 atom stereocenters. The lowest BCUT2D eigenvalue weighted by molar-refractivity contribution is -0.907. The number of para-hydroxylation sites is 1. The Morgan fingerprint density at radius 1 is 0.966 bits per heavy atom. The Balaban J connectivity index is 1.66. The first-order chi connectivity index (χ1) is 14.1. The highest BCUT2D eigenvalue weighted by molar-refractivity contribution is 5.97. The van der Waals surface area contributed by atoms with Crippen molar-refractivity contribution >= 4 is 11.6 Å². The number of benzene rings is 3. The molecule has 0 aliphatic heterocycles. The average molecular weight is 390 g/mol. The molecule has 0 aromatic heterocycles. The lowest BCUT2D eigenvalue weighted by Gasteiger charge is -2.22. The average Bonchev–Trinajstić information content (AvgIpc) is 2.75. The van der Waals surface area contributed by atoms with Crippen LogP contribution in [0.4, 0.5) is 5.69 Å². The molecular formula is C25H29N2O2+. The van der Waals surface area contributed by atoms with Gasteiger partial charge in [0.15, 0.2) is 6.04 Å². The number of carbonyl (C=O) groups excluding carboxylic acids is 1. The van der Waals surface area contributed by atoms with Crippen molar-refractivity contribution in [2.45, 2.75) is 26.4 Å². The van der Waals surface area contributed by atoms with Crippen molar-refractivity contribution in [3.8, 4) is 16.9 Å². The van der Waals surface area contributed by atoms with Crippen molar-refractivity contribution in [2.75, 3.05) is 19.0 Å². The molecule has 0 bridgehead atoms. The molecule has 3 aromatic carbocycles. The van der Waals surface area contributed by atoms with E-state index in [1.165, 1.54) is 5.56 Å². The van der Waals surface area contributed by atoms with Gasteiger partial charge in [-0.2, -0.15) is 0 Å². The van der Waals surface area contributed by atoms with Crippen LogP contribution in [0.5, 0.6) is 5.75 Å². The maximum atomic E-state index is 12.9. The SMILES string of the molecule is CCOc1ccc(C[NH+](C)[C@@H](C)C(=O)Nc2ccccc2-c2ccccc2)cc1. The zero-order valence-corrected chi connectivity index (χ0v) is 17.3. The molecule has 0 saturated carbocycles. The molecule has 0 heterocycles. The minimum Gasteiger partial charge on any atom is -0.494 e. The Labute approximate surface area is 173 Å². The Bertz CT molecular complexity index is 923. The maximum Gasteiger partial charge on any atom is 0.282 e. The van der Waals surface area contributed by atoms with Crippen LogP contribution in [-0.2, 0) is 11.3 Å². The Morgan fingerprint density at radius 2 is 1.62 bits per heavy atom. The first kappa shape index (κ1) is 20.6. The highest BCUT2D eigenvalue weighted by Gasteiger charge is 2.23. The fourth-order valence-corrected chi connectivity index (χ4v) is 3.27. The van der Waals surface area contributed by atoms with E-state index in [1.54, 1.807) is 0 Å². The van der Waals surface area contributed by atoms with Crippen LogP contribution in [0.2, 0.25) is 0 Å². The van der Waals surface area contributed by atoms with Gasteiger partial charge in [0, 0.05) is 16.8 Å². The number of quaternary nitrogens is 1. The number of nitrogens with one attached hydrogen (secondary N) is 2. The molecule has 1 unspecified atom stereocenters. The molecule has 1 amide bonds. The number of hydrogen-bond acceptors (Lipinski definition) is 2. The molecule has 4 heteroatoms. The molecule has 0 saturated heterocycles. The zero-order valence-electron chi connectivity index (χ0n) is 17.3. The molecule has 3 aromatic rings. The van der Waals surface area contributed by atoms with E-state index in [1.807, 2.05) is 75.5 Å². The van der Waals surface area contributed by atoms with Crippen LogP contribution < -0.4 is 15.0 Å². The van der Waals surface area contributed by atoms with Crippen molar-refractivity contribution in [1.82, 2.24) is 0 Å². The first-order valence-corrected chi connectivity index (χ1v) is 10.1. The van der Waals surface area contributed by atoms with Crippen molar-refractivity contribution in [3.63, 3.8) is 0 Å². The number of anilines is 1. The van der Waals surface area contributed by atoms with Crippen LogP contribution >= 0.6 is 0 Å². The second kappa shape index (κ2) is 9.89. The van der Waals surface area contributed by atoms with Crippen LogP contribution in [0, 0.1) is 0 Å². The lowest BCUT2D eigenvalue weighted by atomic mass is 10.0. The van der Waals surface area contributed by atoms with E-state index < -0.39 is 0 Å². The van der Waals surface area contributed by atoms with Crippen molar-refractivity contribution < 1.29 is 14.4 Å². The Hall–Kier alpha value is -3.11. The predicted molar refractivity (Wildman–Crippen MR) is 118 cm³/mol. The number of hydrogen-bond donors (Lipinski definition) is 2. The third kappa shape index (κ3) is 5.46. The summed E-state index contributed by atoms with van der Waals surface area (Å²) in [7, 11) is 2.05. The molecule has 0 fully saturated rings. The standard InChI is InChI=1S/C25H28N2O2/c1-4-29-22-16-14-20(15-17-22)18-27(3)19(2)25(28)26-24-13-9-8-12-23(24)21-10-6-5-7-11-21/h5-17,19H,4,18H2,1-3H3,(H,26,28)/p+1/t19-/m0/s1. The Kier molecular flexibility index (Phi) is 7.04. The molecular weight excluding hydrogens is 360 g/mol. The molecule has 4 nitrogen and oxygen atoms in total. The maximum absolute atomic E-state index is 12.9. The highest BCUT2D eigenvalue weighted by Crippen LogP contribution is 2.27. The number of rotatable bonds is 8. The summed E-state index contributed by atoms with van der Waals surface area (Å²) >= 11 is 0. The van der Waals surface area contributed by atoms with Gasteiger partial charge >= 0.3 is 0 Å². The molecule has 0 aliphatic carbocycles.